The summed E-state index contributed by atoms with van der Waals surface area (Å²) in [5.74, 6) is 0.743. The van der Waals surface area contributed by atoms with Gasteiger partial charge in [0.25, 0.3) is 0 Å². The number of amides is 1. The molecule has 0 aromatic carbocycles. The molecule has 0 aliphatic rings. The molecule has 1 atom stereocenters. The molecule has 2 aromatic rings. The van der Waals surface area contributed by atoms with Gasteiger partial charge in [0.05, 0.1) is 23.0 Å². The summed E-state index contributed by atoms with van der Waals surface area (Å²) < 4.78 is 5.53. The lowest BCUT2D eigenvalue weighted by Gasteiger charge is -2.28. The van der Waals surface area contributed by atoms with E-state index in [2.05, 4.69) is 29.0 Å². The number of furan rings is 1. The molecule has 0 saturated carbocycles. The predicted octanol–water partition coefficient (Wildman–Crippen LogP) is 3.26. The zero-order valence-corrected chi connectivity index (χ0v) is 14.6. The highest BCUT2D eigenvalue weighted by Gasteiger charge is 2.20. The van der Waals surface area contributed by atoms with Gasteiger partial charge in [-0.1, -0.05) is 13.8 Å². The Morgan fingerprint density at radius 3 is 2.83 bits per heavy atom. The zero-order chi connectivity index (χ0) is 16.7. The summed E-state index contributed by atoms with van der Waals surface area (Å²) in [5.41, 5.74) is 0.814. The van der Waals surface area contributed by atoms with E-state index in [0.717, 1.165) is 29.6 Å². The second kappa shape index (κ2) is 8.64. The van der Waals surface area contributed by atoms with Gasteiger partial charge in [0, 0.05) is 18.0 Å². The average Bonchev–Trinajstić information content (AvgIpc) is 3.21. The SMILES string of the molecule is CCN(CC)C(CNC(=O)/C=C/c1csc(C)n1)c1ccco1. The zero-order valence-electron chi connectivity index (χ0n) is 13.8. The Hall–Kier alpha value is -1.92. The van der Waals surface area contributed by atoms with E-state index in [9.17, 15) is 4.79 Å². The second-order valence-corrected chi connectivity index (χ2v) is 6.18. The van der Waals surface area contributed by atoms with Crippen LogP contribution >= 0.6 is 11.3 Å². The summed E-state index contributed by atoms with van der Waals surface area (Å²) in [7, 11) is 0. The minimum atomic E-state index is -0.126. The smallest absolute Gasteiger partial charge is 0.244 e. The fraction of sp³-hybridized carbons (Fsp3) is 0.412. The van der Waals surface area contributed by atoms with Crippen molar-refractivity contribution < 1.29 is 9.21 Å². The Bertz CT molecular complexity index is 630. The Kier molecular flexibility index (Phi) is 6.55. The molecule has 0 fully saturated rings. The third kappa shape index (κ3) is 5.04. The van der Waals surface area contributed by atoms with Crippen molar-refractivity contribution in [3.63, 3.8) is 0 Å². The number of nitrogens with one attached hydrogen (secondary N) is 1. The van der Waals surface area contributed by atoms with Gasteiger partial charge in [-0.15, -0.1) is 11.3 Å². The molecule has 0 bridgehead atoms. The number of rotatable bonds is 8. The molecule has 1 unspecified atom stereocenters. The molecule has 0 saturated heterocycles. The highest BCUT2D eigenvalue weighted by molar-refractivity contribution is 7.09. The van der Waals surface area contributed by atoms with Crippen LogP contribution in [0.2, 0.25) is 0 Å². The molecule has 124 valence electrons. The summed E-state index contributed by atoms with van der Waals surface area (Å²) >= 11 is 1.57. The molecule has 0 radical (unpaired) electrons. The Labute approximate surface area is 141 Å². The van der Waals surface area contributed by atoms with Crippen molar-refractivity contribution in [2.75, 3.05) is 19.6 Å². The minimum Gasteiger partial charge on any atom is -0.468 e. The van der Waals surface area contributed by atoms with E-state index >= 15 is 0 Å². The van der Waals surface area contributed by atoms with E-state index in [1.165, 1.54) is 6.08 Å². The lowest BCUT2D eigenvalue weighted by atomic mass is 10.2. The molecular formula is C17H23N3O2S. The molecule has 2 aromatic heterocycles. The Morgan fingerprint density at radius 2 is 2.26 bits per heavy atom. The number of aromatic nitrogens is 1. The third-order valence-electron chi connectivity index (χ3n) is 3.64. The Morgan fingerprint density at radius 1 is 1.48 bits per heavy atom. The number of carbonyl (C=O) groups excluding carboxylic acids is 1. The van der Waals surface area contributed by atoms with Crippen LogP contribution in [0.5, 0.6) is 0 Å². The largest absolute Gasteiger partial charge is 0.468 e. The maximum Gasteiger partial charge on any atom is 0.244 e. The molecule has 1 amide bonds. The van der Waals surface area contributed by atoms with Crippen LogP contribution in [0.4, 0.5) is 0 Å². The number of carbonyl (C=O) groups is 1. The van der Waals surface area contributed by atoms with Gasteiger partial charge in [-0.25, -0.2) is 4.98 Å². The van der Waals surface area contributed by atoms with Crippen LogP contribution < -0.4 is 5.32 Å². The van der Waals surface area contributed by atoms with E-state index in [-0.39, 0.29) is 11.9 Å². The maximum absolute atomic E-state index is 12.0. The number of likely N-dealkylation sites (N-methyl/N-ethyl adjacent to an activating group) is 1. The lowest BCUT2D eigenvalue weighted by molar-refractivity contribution is -0.116. The molecule has 6 heteroatoms. The van der Waals surface area contributed by atoms with Crippen LogP contribution in [0.25, 0.3) is 6.08 Å². The fourth-order valence-electron chi connectivity index (χ4n) is 2.43. The first kappa shape index (κ1) is 17.4. The van der Waals surface area contributed by atoms with Crippen LogP contribution in [0.15, 0.2) is 34.3 Å². The highest BCUT2D eigenvalue weighted by Crippen LogP contribution is 2.20. The average molecular weight is 333 g/mol. The van der Waals surface area contributed by atoms with E-state index in [1.807, 2.05) is 24.4 Å². The minimum absolute atomic E-state index is 0.0406. The predicted molar refractivity (Wildman–Crippen MR) is 93.3 cm³/mol. The van der Waals surface area contributed by atoms with E-state index < -0.39 is 0 Å². The van der Waals surface area contributed by atoms with E-state index in [4.69, 9.17) is 4.42 Å². The first-order chi connectivity index (χ1) is 11.1. The molecule has 1 N–H and O–H groups in total. The maximum atomic E-state index is 12.0. The van der Waals surface area contributed by atoms with Crippen LogP contribution in [-0.4, -0.2) is 35.4 Å². The normalized spacial score (nSPS) is 12.9. The van der Waals surface area contributed by atoms with Crippen molar-refractivity contribution in [3.05, 3.63) is 46.3 Å². The Balaban J connectivity index is 1.95. The van der Waals surface area contributed by atoms with Gasteiger partial charge in [-0.3, -0.25) is 9.69 Å². The van der Waals surface area contributed by atoms with Gasteiger partial charge in [-0.2, -0.15) is 0 Å². The highest BCUT2D eigenvalue weighted by atomic mass is 32.1. The number of nitrogens with zero attached hydrogens (tertiary/aromatic N) is 2. The summed E-state index contributed by atoms with van der Waals surface area (Å²) in [6, 6.07) is 3.86. The van der Waals surface area contributed by atoms with E-state index in [1.54, 1.807) is 23.7 Å². The molecule has 0 spiro atoms. The number of hydrogen-bond acceptors (Lipinski definition) is 5. The molecule has 23 heavy (non-hydrogen) atoms. The van der Waals surface area contributed by atoms with Crippen molar-refractivity contribution in [3.8, 4) is 0 Å². The van der Waals surface area contributed by atoms with E-state index in [0.29, 0.717) is 6.54 Å². The molecule has 0 aliphatic heterocycles. The summed E-state index contributed by atoms with van der Waals surface area (Å²) in [5, 5.41) is 5.87. The molecule has 2 rings (SSSR count). The lowest BCUT2D eigenvalue weighted by Crippen LogP contribution is -2.37. The van der Waals surface area contributed by atoms with Gasteiger partial charge in [0.15, 0.2) is 0 Å². The van der Waals surface area contributed by atoms with Gasteiger partial charge >= 0.3 is 0 Å². The number of aryl methyl sites for hydroxylation is 1. The van der Waals surface area contributed by atoms with Crippen LogP contribution in [0.3, 0.4) is 0 Å². The van der Waals surface area contributed by atoms with Crippen LogP contribution in [-0.2, 0) is 4.79 Å². The fourth-order valence-corrected chi connectivity index (χ4v) is 3.01. The summed E-state index contributed by atoms with van der Waals surface area (Å²) in [6.07, 6.45) is 4.92. The first-order valence-electron chi connectivity index (χ1n) is 7.79. The van der Waals surface area contributed by atoms with Gasteiger partial charge < -0.3 is 9.73 Å². The molecular weight excluding hydrogens is 310 g/mol. The molecule has 0 aliphatic carbocycles. The van der Waals surface area contributed by atoms with Gasteiger partial charge in [-0.05, 0) is 38.2 Å². The molecule has 5 nitrogen and oxygen atoms in total. The first-order valence-corrected chi connectivity index (χ1v) is 8.67. The van der Waals surface area contributed by atoms with Crippen molar-refractivity contribution in [2.45, 2.75) is 26.8 Å². The quantitative estimate of drug-likeness (QED) is 0.753. The summed E-state index contributed by atoms with van der Waals surface area (Å²) in [4.78, 5) is 18.6. The van der Waals surface area contributed by atoms with Crippen LogP contribution in [0.1, 0.15) is 36.4 Å². The standard InChI is InChI=1S/C17H23N3O2S/c1-4-20(5-2)15(16-7-6-10-22-16)11-18-17(21)9-8-14-12-23-13(3)19-14/h6-10,12,15H,4-5,11H2,1-3H3,(H,18,21)/b9-8+. The van der Waals surface area contributed by atoms with Gasteiger partial charge in [0.1, 0.15) is 5.76 Å². The van der Waals surface area contributed by atoms with Crippen molar-refractivity contribution in [1.82, 2.24) is 15.2 Å². The number of thiazole rings is 1. The number of hydrogen-bond donors (Lipinski definition) is 1. The van der Waals surface area contributed by atoms with Crippen molar-refractivity contribution in [1.29, 1.82) is 0 Å². The van der Waals surface area contributed by atoms with Crippen LogP contribution in [0, 0.1) is 6.92 Å². The monoisotopic (exact) mass is 333 g/mol. The van der Waals surface area contributed by atoms with Gasteiger partial charge in [0.2, 0.25) is 5.91 Å². The third-order valence-corrected chi connectivity index (χ3v) is 4.43. The molecule has 2 heterocycles. The topological polar surface area (TPSA) is 58.4 Å². The summed E-state index contributed by atoms with van der Waals surface area (Å²) in [6.45, 7) is 8.45. The second-order valence-electron chi connectivity index (χ2n) is 5.12. The van der Waals surface area contributed by atoms with Crippen molar-refractivity contribution in [2.24, 2.45) is 0 Å². The van der Waals surface area contributed by atoms with Crippen molar-refractivity contribution >= 4 is 23.3 Å².